The maximum atomic E-state index is 14.6. The van der Waals surface area contributed by atoms with Crippen LogP contribution in [0.25, 0.3) is 0 Å². The van der Waals surface area contributed by atoms with E-state index in [1.807, 2.05) is 30.3 Å². The van der Waals surface area contributed by atoms with Crippen LogP contribution in [0.15, 0.2) is 66.7 Å². The number of carbonyl (C=O) groups is 1. The van der Waals surface area contributed by atoms with Crippen LogP contribution in [-0.2, 0) is 22.6 Å². The topological polar surface area (TPSA) is 109 Å². The Labute approximate surface area is 198 Å². The van der Waals surface area contributed by atoms with Crippen molar-refractivity contribution in [2.75, 3.05) is 19.0 Å². The Morgan fingerprint density at radius 2 is 1.85 bits per heavy atom. The van der Waals surface area contributed by atoms with Crippen molar-refractivity contribution >= 4 is 17.4 Å². The molecule has 3 aromatic rings. The fraction of sp³-hybridized carbons (Fsp3) is 0.231. The van der Waals surface area contributed by atoms with Crippen molar-refractivity contribution in [3.8, 4) is 5.75 Å². The van der Waals surface area contributed by atoms with E-state index in [9.17, 15) is 9.18 Å². The monoisotopic (exact) mass is 464 g/mol. The molecule has 0 saturated heterocycles. The van der Waals surface area contributed by atoms with Gasteiger partial charge in [-0.2, -0.15) is 0 Å². The van der Waals surface area contributed by atoms with E-state index in [-0.39, 0.29) is 24.6 Å². The number of anilines is 1. The minimum atomic E-state index is -1.10. The first kappa shape index (κ1) is 24.7. The van der Waals surface area contributed by atoms with E-state index in [0.29, 0.717) is 17.9 Å². The van der Waals surface area contributed by atoms with Crippen LogP contribution < -0.4 is 21.1 Å². The van der Waals surface area contributed by atoms with Gasteiger partial charge in [0.05, 0.1) is 7.11 Å². The second kappa shape index (κ2) is 11.8. The Kier molecular flexibility index (Phi) is 8.59. The van der Waals surface area contributed by atoms with Crippen molar-refractivity contribution < 1.29 is 18.7 Å². The predicted octanol–water partition coefficient (Wildman–Crippen LogP) is 4.12. The Hall–Kier alpha value is -3.91. The molecule has 0 saturated carbocycles. The second-order valence-corrected chi connectivity index (χ2v) is 7.57. The highest BCUT2D eigenvalue weighted by molar-refractivity contribution is 5.96. The number of rotatable bonds is 11. The highest BCUT2D eigenvalue weighted by atomic mass is 19.1. The zero-order valence-electron chi connectivity index (χ0n) is 19.2. The quantitative estimate of drug-likeness (QED) is 0.252. The summed E-state index contributed by atoms with van der Waals surface area (Å²) in [6, 6.07) is 19.4. The predicted molar refractivity (Wildman–Crippen MR) is 130 cm³/mol. The molecule has 1 amide bonds. The Balaban J connectivity index is 1.77. The molecule has 3 aromatic carbocycles. The lowest BCUT2D eigenvalue weighted by molar-refractivity contribution is -0.133. The van der Waals surface area contributed by atoms with Gasteiger partial charge in [0, 0.05) is 42.6 Å². The number of nitrogen functional groups attached to an aromatic ring is 1. The minimum Gasteiger partial charge on any atom is -0.497 e. The average molecular weight is 465 g/mol. The summed E-state index contributed by atoms with van der Waals surface area (Å²) < 4.78 is 25.2. The number of halogens is 1. The first-order chi connectivity index (χ1) is 16.4. The number of benzene rings is 3. The maximum absolute atomic E-state index is 14.6. The molecule has 0 aromatic heterocycles. The Morgan fingerprint density at radius 1 is 1.09 bits per heavy atom. The summed E-state index contributed by atoms with van der Waals surface area (Å²) >= 11 is 0. The van der Waals surface area contributed by atoms with Gasteiger partial charge in [0.1, 0.15) is 17.4 Å². The van der Waals surface area contributed by atoms with Crippen LogP contribution in [0, 0.1) is 11.2 Å². The molecule has 3 rings (SSSR count). The number of ether oxygens (including phenoxy) is 2. The molecule has 7 nitrogen and oxygen atoms in total. The highest BCUT2D eigenvalue weighted by Gasteiger charge is 2.24. The molecule has 5 N–H and O–H groups in total. The molecule has 178 valence electrons. The summed E-state index contributed by atoms with van der Waals surface area (Å²) in [5, 5.41) is 13.9. The Bertz CT molecular complexity index is 1140. The van der Waals surface area contributed by atoms with Gasteiger partial charge in [0.25, 0.3) is 5.91 Å². The molecule has 1 atom stereocenters. The molecular weight excluding hydrogens is 435 g/mol. The van der Waals surface area contributed by atoms with E-state index in [2.05, 4.69) is 10.6 Å². The maximum Gasteiger partial charge on any atom is 0.254 e. The third-order valence-electron chi connectivity index (χ3n) is 5.26. The van der Waals surface area contributed by atoms with Gasteiger partial charge in [-0.05, 0) is 36.2 Å². The second-order valence-electron chi connectivity index (χ2n) is 7.57. The highest BCUT2D eigenvalue weighted by Crippen LogP contribution is 2.25. The lowest BCUT2D eigenvalue weighted by Gasteiger charge is -2.19. The fourth-order valence-corrected chi connectivity index (χ4v) is 3.45. The van der Waals surface area contributed by atoms with Crippen LogP contribution in [0.3, 0.4) is 0 Å². The number of amidine groups is 1. The van der Waals surface area contributed by atoms with Gasteiger partial charge < -0.3 is 25.8 Å². The zero-order valence-corrected chi connectivity index (χ0v) is 19.2. The van der Waals surface area contributed by atoms with Gasteiger partial charge >= 0.3 is 0 Å². The van der Waals surface area contributed by atoms with Crippen LogP contribution in [0.2, 0.25) is 0 Å². The molecule has 1 unspecified atom stereocenters. The number of nitrogens with two attached hydrogens (primary N) is 1. The van der Waals surface area contributed by atoms with Gasteiger partial charge in [-0.1, -0.05) is 42.5 Å². The van der Waals surface area contributed by atoms with Crippen molar-refractivity contribution in [3.63, 3.8) is 0 Å². The lowest BCUT2D eigenvalue weighted by Crippen LogP contribution is -2.31. The SMILES string of the molecule is CCOC(C(=O)NCc1ccc(C(=N)N)cc1NCc1ccccc1)c1ccc(OC)cc1F. The van der Waals surface area contributed by atoms with Gasteiger partial charge in [0.15, 0.2) is 6.10 Å². The number of hydrogen-bond acceptors (Lipinski definition) is 5. The van der Waals surface area contributed by atoms with Crippen LogP contribution >= 0.6 is 0 Å². The minimum absolute atomic E-state index is 0.0512. The molecule has 0 bridgehead atoms. The normalized spacial score (nSPS) is 11.5. The summed E-state index contributed by atoms with van der Waals surface area (Å²) in [7, 11) is 1.45. The van der Waals surface area contributed by atoms with E-state index in [4.69, 9.17) is 20.6 Å². The molecule has 0 aliphatic rings. The van der Waals surface area contributed by atoms with Crippen molar-refractivity contribution in [3.05, 3.63) is 94.8 Å². The van der Waals surface area contributed by atoms with Crippen LogP contribution in [0.5, 0.6) is 5.75 Å². The summed E-state index contributed by atoms with van der Waals surface area (Å²) in [5.41, 5.74) is 8.97. The molecule has 0 fully saturated rings. The van der Waals surface area contributed by atoms with Gasteiger partial charge in [-0.3, -0.25) is 10.2 Å². The van der Waals surface area contributed by atoms with E-state index >= 15 is 0 Å². The average Bonchev–Trinajstić information content (AvgIpc) is 2.85. The molecular formula is C26H29FN4O3. The molecule has 0 aliphatic carbocycles. The van der Waals surface area contributed by atoms with Gasteiger partial charge in [-0.15, -0.1) is 0 Å². The van der Waals surface area contributed by atoms with Crippen molar-refractivity contribution in [1.82, 2.24) is 5.32 Å². The molecule has 34 heavy (non-hydrogen) atoms. The first-order valence-corrected chi connectivity index (χ1v) is 10.9. The number of methoxy groups -OCH3 is 1. The summed E-state index contributed by atoms with van der Waals surface area (Å²) in [6.45, 7) is 2.71. The molecule has 0 heterocycles. The van der Waals surface area contributed by atoms with Crippen LogP contribution in [-0.4, -0.2) is 25.5 Å². The van der Waals surface area contributed by atoms with Crippen molar-refractivity contribution in [2.45, 2.75) is 26.1 Å². The van der Waals surface area contributed by atoms with Gasteiger partial charge in [-0.25, -0.2) is 4.39 Å². The number of amides is 1. The number of nitrogens with one attached hydrogen (secondary N) is 3. The third-order valence-corrected chi connectivity index (χ3v) is 5.26. The number of carbonyl (C=O) groups excluding carboxylic acids is 1. The molecule has 0 radical (unpaired) electrons. The lowest BCUT2D eigenvalue weighted by atomic mass is 10.1. The zero-order chi connectivity index (χ0) is 24.5. The summed E-state index contributed by atoms with van der Waals surface area (Å²) in [6.07, 6.45) is -1.10. The van der Waals surface area contributed by atoms with E-state index in [0.717, 1.165) is 16.8 Å². The smallest absolute Gasteiger partial charge is 0.254 e. The van der Waals surface area contributed by atoms with Crippen LogP contribution in [0.4, 0.5) is 10.1 Å². The first-order valence-electron chi connectivity index (χ1n) is 10.9. The summed E-state index contributed by atoms with van der Waals surface area (Å²) in [5.74, 6) is -0.735. The van der Waals surface area contributed by atoms with E-state index in [1.54, 1.807) is 31.2 Å². The fourth-order valence-electron chi connectivity index (χ4n) is 3.45. The van der Waals surface area contributed by atoms with Gasteiger partial charge in [0.2, 0.25) is 0 Å². The summed E-state index contributed by atoms with van der Waals surface area (Å²) in [4.78, 5) is 13.0. The largest absolute Gasteiger partial charge is 0.497 e. The molecule has 8 heteroatoms. The van der Waals surface area contributed by atoms with Crippen molar-refractivity contribution in [1.29, 1.82) is 5.41 Å². The van der Waals surface area contributed by atoms with E-state index in [1.165, 1.54) is 19.2 Å². The molecule has 0 spiro atoms. The van der Waals surface area contributed by atoms with Crippen molar-refractivity contribution in [2.24, 2.45) is 5.73 Å². The number of hydrogen-bond donors (Lipinski definition) is 4. The van der Waals surface area contributed by atoms with Crippen LogP contribution in [0.1, 0.15) is 35.3 Å². The Morgan fingerprint density at radius 3 is 2.50 bits per heavy atom. The third kappa shape index (κ3) is 6.32. The molecule has 0 aliphatic heterocycles. The van der Waals surface area contributed by atoms with E-state index < -0.39 is 17.8 Å². The standard InChI is InChI=1S/C26H29FN4O3/c1-3-34-24(21-12-11-20(33-2)14-22(21)27)26(32)31-16-19-10-9-18(25(28)29)13-23(19)30-15-17-7-5-4-6-8-17/h4-14,24,30H,3,15-16H2,1-2H3,(H3,28,29)(H,31,32).